The van der Waals surface area contributed by atoms with Crippen molar-refractivity contribution >= 4 is 16.9 Å². The van der Waals surface area contributed by atoms with Crippen LogP contribution in [0.4, 0.5) is 0 Å². The minimum atomic E-state index is -0.257. The Morgan fingerprint density at radius 3 is 2.69 bits per heavy atom. The SMILES string of the molecule is COc1ccccc1C1CN(CC(=O)N(C)Cc2ccc3nccnc3c2)Cc2ccccc2O1. The predicted octanol–water partition coefficient (Wildman–Crippen LogP) is 4.23. The van der Waals surface area contributed by atoms with Crippen molar-refractivity contribution in [3.05, 3.63) is 95.8 Å². The first-order chi connectivity index (χ1) is 17.1. The number of aromatic nitrogens is 2. The van der Waals surface area contributed by atoms with Crippen LogP contribution in [0.15, 0.2) is 79.1 Å². The van der Waals surface area contributed by atoms with Gasteiger partial charge in [-0.3, -0.25) is 19.7 Å². The van der Waals surface area contributed by atoms with Gasteiger partial charge in [0.1, 0.15) is 17.6 Å². The van der Waals surface area contributed by atoms with Gasteiger partial charge >= 0.3 is 0 Å². The lowest BCUT2D eigenvalue weighted by molar-refractivity contribution is -0.132. The number of ether oxygens (including phenoxy) is 2. The summed E-state index contributed by atoms with van der Waals surface area (Å²) in [6, 6.07) is 21.8. The van der Waals surface area contributed by atoms with E-state index in [9.17, 15) is 4.79 Å². The molecule has 1 aromatic heterocycles. The van der Waals surface area contributed by atoms with Gasteiger partial charge in [-0.2, -0.15) is 0 Å². The van der Waals surface area contributed by atoms with Gasteiger partial charge in [-0.1, -0.05) is 42.5 Å². The zero-order chi connectivity index (χ0) is 24.2. The standard InChI is InChI=1S/C28H28N4O3/c1-31(16-20-11-12-23-24(15-20)30-14-13-29-23)28(33)19-32-17-21-7-3-5-9-25(21)35-27(18-32)22-8-4-6-10-26(22)34-2/h3-15,27H,16-19H2,1-2H3. The highest BCUT2D eigenvalue weighted by Gasteiger charge is 2.28. The molecule has 0 fully saturated rings. The summed E-state index contributed by atoms with van der Waals surface area (Å²) in [6.45, 7) is 1.99. The van der Waals surface area contributed by atoms with E-state index in [0.717, 1.165) is 39.2 Å². The predicted molar refractivity (Wildman–Crippen MR) is 134 cm³/mol. The molecule has 0 radical (unpaired) electrons. The molecule has 5 rings (SSSR count). The molecule has 2 heterocycles. The third-order valence-corrected chi connectivity index (χ3v) is 6.28. The van der Waals surface area contributed by atoms with Crippen LogP contribution in [-0.4, -0.2) is 52.9 Å². The molecular weight excluding hydrogens is 440 g/mol. The van der Waals surface area contributed by atoms with Gasteiger partial charge in [0.25, 0.3) is 0 Å². The Balaban J connectivity index is 1.34. The van der Waals surface area contributed by atoms with Crippen molar-refractivity contribution in [3.63, 3.8) is 0 Å². The van der Waals surface area contributed by atoms with Crippen molar-refractivity contribution in [1.29, 1.82) is 0 Å². The number of fused-ring (bicyclic) bond motifs is 2. The molecule has 1 aliphatic heterocycles. The van der Waals surface area contributed by atoms with Gasteiger partial charge in [-0.15, -0.1) is 0 Å². The fourth-order valence-corrected chi connectivity index (χ4v) is 4.48. The van der Waals surface area contributed by atoms with Crippen molar-refractivity contribution in [2.75, 3.05) is 27.2 Å². The maximum atomic E-state index is 13.3. The lowest BCUT2D eigenvalue weighted by Gasteiger charge is -2.27. The monoisotopic (exact) mass is 468 g/mol. The molecule has 35 heavy (non-hydrogen) atoms. The van der Waals surface area contributed by atoms with E-state index in [1.807, 2.05) is 67.7 Å². The van der Waals surface area contributed by atoms with E-state index < -0.39 is 0 Å². The first-order valence-corrected chi connectivity index (χ1v) is 11.6. The van der Waals surface area contributed by atoms with Gasteiger partial charge in [0, 0.05) is 50.2 Å². The van der Waals surface area contributed by atoms with E-state index in [0.29, 0.717) is 19.6 Å². The van der Waals surface area contributed by atoms with Crippen molar-refractivity contribution in [1.82, 2.24) is 19.8 Å². The number of methoxy groups -OCH3 is 1. The van der Waals surface area contributed by atoms with Crippen LogP contribution in [0, 0.1) is 0 Å². The number of rotatable bonds is 6. The highest BCUT2D eigenvalue weighted by atomic mass is 16.5. The summed E-state index contributed by atoms with van der Waals surface area (Å²) >= 11 is 0. The maximum absolute atomic E-state index is 13.3. The Labute approximate surface area is 204 Å². The topological polar surface area (TPSA) is 67.8 Å². The van der Waals surface area contributed by atoms with Crippen LogP contribution in [0.25, 0.3) is 11.0 Å². The molecule has 1 amide bonds. The van der Waals surface area contributed by atoms with Crippen LogP contribution in [-0.2, 0) is 17.9 Å². The zero-order valence-electron chi connectivity index (χ0n) is 19.9. The maximum Gasteiger partial charge on any atom is 0.236 e. The second kappa shape index (κ2) is 10.1. The van der Waals surface area contributed by atoms with E-state index in [1.165, 1.54) is 0 Å². The number of carbonyl (C=O) groups is 1. The average molecular weight is 469 g/mol. The summed E-state index contributed by atoms with van der Waals surface area (Å²) in [4.78, 5) is 25.9. The van der Waals surface area contributed by atoms with Gasteiger partial charge in [-0.05, 0) is 29.8 Å². The second-order valence-electron chi connectivity index (χ2n) is 8.75. The molecule has 1 aliphatic rings. The number of amides is 1. The molecule has 0 saturated heterocycles. The largest absolute Gasteiger partial charge is 0.496 e. The summed E-state index contributed by atoms with van der Waals surface area (Å²) < 4.78 is 12.0. The third kappa shape index (κ3) is 5.10. The first kappa shape index (κ1) is 22.8. The van der Waals surface area contributed by atoms with Crippen molar-refractivity contribution in [2.24, 2.45) is 0 Å². The molecule has 178 valence electrons. The Morgan fingerprint density at radius 1 is 1.06 bits per heavy atom. The van der Waals surface area contributed by atoms with Crippen LogP contribution >= 0.6 is 0 Å². The first-order valence-electron chi connectivity index (χ1n) is 11.6. The van der Waals surface area contributed by atoms with Gasteiger partial charge in [0.15, 0.2) is 0 Å². The van der Waals surface area contributed by atoms with E-state index >= 15 is 0 Å². The third-order valence-electron chi connectivity index (χ3n) is 6.28. The van der Waals surface area contributed by atoms with Crippen LogP contribution < -0.4 is 9.47 Å². The minimum Gasteiger partial charge on any atom is -0.496 e. The molecule has 0 N–H and O–H groups in total. The van der Waals surface area contributed by atoms with E-state index in [1.54, 1.807) is 24.4 Å². The van der Waals surface area contributed by atoms with Crippen LogP contribution in [0.2, 0.25) is 0 Å². The minimum absolute atomic E-state index is 0.0439. The quantitative estimate of drug-likeness (QED) is 0.422. The Hall–Kier alpha value is -3.97. The number of hydrogen-bond acceptors (Lipinski definition) is 6. The van der Waals surface area contributed by atoms with E-state index in [4.69, 9.17) is 9.47 Å². The van der Waals surface area contributed by atoms with Gasteiger partial charge in [0.05, 0.1) is 24.7 Å². The number of benzene rings is 3. The number of carbonyl (C=O) groups excluding carboxylic acids is 1. The van der Waals surface area contributed by atoms with Crippen molar-refractivity contribution < 1.29 is 14.3 Å². The summed E-state index contributed by atoms with van der Waals surface area (Å²) in [6.07, 6.45) is 3.10. The Bertz CT molecular complexity index is 1340. The molecule has 1 unspecified atom stereocenters. The molecular formula is C28H28N4O3. The van der Waals surface area contributed by atoms with E-state index in [2.05, 4.69) is 20.9 Å². The summed E-state index contributed by atoms with van der Waals surface area (Å²) in [5.74, 6) is 1.66. The molecule has 4 aromatic rings. The zero-order valence-corrected chi connectivity index (χ0v) is 19.9. The molecule has 0 bridgehead atoms. The molecule has 3 aromatic carbocycles. The number of hydrogen-bond donors (Lipinski definition) is 0. The van der Waals surface area contributed by atoms with Crippen molar-refractivity contribution in [2.45, 2.75) is 19.2 Å². The average Bonchev–Trinajstić information content (AvgIpc) is 3.07. The van der Waals surface area contributed by atoms with Gasteiger partial charge in [-0.25, -0.2) is 0 Å². The summed E-state index contributed by atoms with van der Waals surface area (Å²) in [5.41, 5.74) is 4.72. The highest BCUT2D eigenvalue weighted by molar-refractivity contribution is 5.78. The lowest BCUT2D eigenvalue weighted by atomic mass is 10.1. The smallest absolute Gasteiger partial charge is 0.236 e. The summed E-state index contributed by atoms with van der Waals surface area (Å²) in [5, 5.41) is 0. The van der Waals surface area contributed by atoms with Gasteiger partial charge in [0.2, 0.25) is 5.91 Å². The number of para-hydroxylation sites is 2. The second-order valence-corrected chi connectivity index (χ2v) is 8.75. The van der Waals surface area contributed by atoms with Crippen LogP contribution in [0.5, 0.6) is 11.5 Å². The van der Waals surface area contributed by atoms with Crippen LogP contribution in [0.3, 0.4) is 0 Å². The molecule has 1 atom stereocenters. The number of likely N-dealkylation sites (N-methyl/N-ethyl adjacent to an activating group) is 1. The normalized spacial score (nSPS) is 15.7. The summed E-state index contributed by atoms with van der Waals surface area (Å²) in [7, 11) is 3.50. The van der Waals surface area contributed by atoms with Crippen LogP contribution in [0.1, 0.15) is 22.8 Å². The fraction of sp³-hybridized carbons (Fsp3) is 0.250. The highest BCUT2D eigenvalue weighted by Crippen LogP contribution is 2.34. The number of nitrogens with zero attached hydrogens (tertiary/aromatic N) is 4. The van der Waals surface area contributed by atoms with Crippen molar-refractivity contribution in [3.8, 4) is 11.5 Å². The molecule has 0 saturated carbocycles. The van der Waals surface area contributed by atoms with Gasteiger partial charge < -0.3 is 14.4 Å². The Kier molecular flexibility index (Phi) is 6.59. The molecule has 0 aliphatic carbocycles. The fourth-order valence-electron chi connectivity index (χ4n) is 4.48. The molecule has 0 spiro atoms. The molecule has 7 heteroatoms. The Morgan fingerprint density at radius 2 is 1.83 bits per heavy atom. The van der Waals surface area contributed by atoms with E-state index in [-0.39, 0.29) is 18.6 Å². The lowest BCUT2D eigenvalue weighted by Crippen LogP contribution is -2.39. The molecule has 7 nitrogen and oxygen atoms in total.